The Kier molecular flexibility index (Phi) is 8.16. The van der Waals surface area contributed by atoms with Crippen LogP contribution in [0.15, 0.2) is 36.5 Å². The predicted octanol–water partition coefficient (Wildman–Crippen LogP) is -1.74. The monoisotopic (exact) mass is 503 g/mol. The molecule has 1 N–H and O–H groups in total. The maximum absolute atomic E-state index is 16.8. The van der Waals surface area contributed by atoms with Gasteiger partial charge in [0.05, 0.1) is 97.0 Å². The third-order valence-corrected chi connectivity index (χ3v) is 6.83. The summed E-state index contributed by atoms with van der Waals surface area (Å²) >= 11 is 5.77. The standard InChI is InChI=1S/C20H11B11ClF2N3O/c21-16(22)8-15(34,19(28,29)36-7-11-3-2-10(6-35-11)17(23,24)25)18(26,27)20(30,31)37(16)14(38)9-1-4-13(33)12(32)5-9/h1-6,36H,7-8H2. The highest BCUT2D eigenvalue weighted by atomic mass is 35.5. The van der Waals surface area contributed by atoms with Crippen LogP contribution in [0.5, 0.6) is 0 Å². The van der Waals surface area contributed by atoms with E-state index in [1.54, 1.807) is 0 Å². The maximum Gasteiger partial charge on any atom is 0.252 e. The number of amides is 1. The summed E-state index contributed by atoms with van der Waals surface area (Å²) in [4.78, 5) is 17.9. The molecule has 4 nitrogen and oxygen atoms in total. The molecule has 2 heterocycles. The van der Waals surface area contributed by atoms with Gasteiger partial charge in [0.15, 0.2) is 0 Å². The van der Waals surface area contributed by atoms with Crippen molar-refractivity contribution in [3.05, 3.63) is 64.2 Å². The number of aromatic nitrogens is 1. The molecule has 166 valence electrons. The molecule has 0 aliphatic carbocycles. The van der Waals surface area contributed by atoms with Crippen molar-refractivity contribution >= 4 is 104 Å². The van der Waals surface area contributed by atoms with Gasteiger partial charge in [-0.1, -0.05) is 22.9 Å². The summed E-state index contributed by atoms with van der Waals surface area (Å²) in [5, 5.41) is -10.2. The van der Waals surface area contributed by atoms with Crippen LogP contribution in [0.1, 0.15) is 28.0 Å². The van der Waals surface area contributed by atoms with Crippen LogP contribution in [-0.2, 0) is 11.7 Å². The second-order valence-electron chi connectivity index (χ2n) is 9.63. The van der Waals surface area contributed by atoms with Crippen LogP contribution in [0.3, 0.4) is 0 Å². The lowest BCUT2D eigenvalue weighted by molar-refractivity contribution is -0.0224. The normalized spacial score (nSPS) is 22.6. The minimum atomic E-state index is -3.16. The largest absolute Gasteiger partial charge is 0.363 e. The summed E-state index contributed by atoms with van der Waals surface area (Å²) in [6, 6.07) is 5.90. The lowest BCUT2D eigenvalue weighted by Crippen LogP contribution is -2.83. The molecule has 0 saturated carbocycles. The molecule has 1 fully saturated rings. The number of halogens is 3. The van der Waals surface area contributed by atoms with Gasteiger partial charge in [-0.25, -0.2) is 8.78 Å². The second-order valence-corrected chi connectivity index (χ2v) is 10.0. The maximum atomic E-state index is 16.8. The number of hydrogen-bond donors (Lipinski definition) is 1. The molecule has 1 aromatic heterocycles. The van der Waals surface area contributed by atoms with Crippen LogP contribution >= 0.6 is 11.6 Å². The number of carbonyl (C=O) groups excluding carboxylic acids is 1. The van der Waals surface area contributed by atoms with E-state index in [1.165, 1.54) is 18.3 Å². The van der Waals surface area contributed by atoms with E-state index in [-0.39, 0.29) is 12.1 Å². The van der Waals surface area contributed by atoms with E-state index in [0.29, 0.717) is 16.2 Å². The van der Waals surface area contributed by atoms with Gasteiger partial charge in [0.1, 0.15) is 11.5 Å². The second kappa shape index (κ2) is 9.94. The zero-order chi connectivity index (χ0) is 29.1. The molecule has 1 aromatic carbocycles. The van der Waals surface area contributed by atoms with E-state index >= 15 is 4.39 Å². The van der Waals surface area contributed by atoms with Gasteiger partial charge < -0.3 is 10.2 Å². The van der Waals surface area contributed by atoms with Gasteiger partial charge in [-0.3, -0.25) is 9.78 Å². The van der Waals surface area contributed by atoms with Gasteiger partial charge >= 0.3 is 0 Å². The number of rotatable bonds is 6. The number of pyridine rings is 1. The summed E-state index contributed by atoms with van der Waals surface area (Å²) < 4.78 is 30.5. The lowest BCUT2D eigenvalue weighted by Gasteiger charge is -2.71. The summed E-state index contributed by atoms with van der Waals surface area (Å²) in [5.41, 5.74) is -2.79. The first-order valence-corrected chi connectivity index (χ1v) is 11.3. The average Bonchev–Trinajstić information content (AvgIpc) is 2.77. The van der Waals surface area contributed by atoms with Crippen molar-refractivity contribution in [1.82, 2.24) is 15.2 Å². The Balaban J connectivity index is 1.95. The van der Waals surface area contributed by atoms with Crippen molar-refractivity contribution in [1.29, 1.82) is 0 Å². The third kappa shape index (κ3) is 5.23. The molecule has 18 heteroatoms. The highest BCUT2D eigenvalue weighted by Gasteiger charge is 2.66. The van der Waals surface area contributed by atoms with Crippen LogP contribution in [0.4, 0.5) is 8.78 Å². The van der Waals surface area contributed by atoms with Gasteiger partial charge in [0, 0.05) is 18.3 Å². The summed E-state index contributed by atoms with van der Waals surface area (Å²) in [6.45, 7) is -0.233. The van der Waals surface area contributed by atoms with Gasteiger partial charge in [0.2, 0.25) is 0 Å². The predicted molar refractivity (Wildman–Crippen MR) is 153 cm³/mol. The Bertz CT molecular complexity index is 1230. The van der Waals surface area contributed by atoms with Gasteiger partial charge in [-0.05, 0) is 52.3 Å². The molecule has 1 aliphatic heterocycles. The molecule has 22 radical (unpaired) electrons. The van der Waals surface area contributed by atoms with E-state index in [4.69, 9.17) is 97.9 Å². The van der Waals surface area contributed by atoms with E-state index in [9.17, 15) is 9.18 Å². The van der Waals surface area contributed by atoms with E-state index in [0.717, 1.165) is 18.2 Å². The zero-order valence-corrected chi connectivity index (χ0v) is 20.9. The molecule has 38 heavy (non-hydrogen) atoms. The molecule has 0 bridgehead atoms. The van der Waals surface area contributed by atoms with Gasteiger partial charge in [-0.15, -0.1) is 5.11 Å². The highest BCUT2D eigenvalue weighted by Crippen LogP contribution is 2.58. The molecular weight excluding hydrogens is 491 g/mol. The first kappa shape index (κ1) is 31.2. The minimum absolute atomic E-state index is 0.233. The summed E-state index contributed by atoms with van der Waals surface area (Å²) in [6.07, 6.45) is 0.251. The van der Waals surface area contributed by atoms with Crippen molar-refractivity contribution < 1.29 is 13.6 Å². The third-order valence-electron chi connectivity index (χ3n) is 6.54. The van der Waals surface area contributed by atoms with Crippen LogP contribution in [0.25, 0.3) is 0 Å². The number of nitrogens with zero attached hydrogens (tertiary/aromatic N) is 2. The fourth-order valence-corrected chi connectivity index (χ4v) is 4.41. The van der Waals surface area contributed by atoms with Crippen molar-refractivity contribution in [3.8, 4) is 0 Å². The number of alkyl halides is 1. The Morgan fingerprint density at radius 3 is 2.16 bits per heavy atom. The first-order chi connectivity index (χ1) is 17.1. The number of carbonyl (C=O) groups is 1. The molecule has 1 amide bonds. The fraction of sp³-hybridized carbons (Fsp3) is 0.400. The molecule has 0 spiro atoms. The lowest BCUT2D eigenvalue weighted by atomic mass is 9.21. The minimum Gasteiger partial charge on any atom is -0.363 e. The zero-order valence-electron chi connectivity index (χ0n) is 20.2. The van der Waals surface area contributed by atoms with Crippen LogP contribution in [0.2, 0.25) is 10.2 Å². The molecule has 3 rings (SSSR count). The average molecular weight is 502 g/mol. The van der Waals surface area contributed by atoms with Crippen LogP contribution in [-0.4, -0.2) is 124 Å². The summed E-state index contributed by atoms with van der Waals surface area (Å²) in [7, 11) is 66.0. The molecule has 1 saturated heterocycles. The topological polar surface area (TPSA) is 45.2 Å². The molecule has 2 aromatic rings. The van der Waals surface area contributed by atoms with E-state index in [1.807, 2.05) is 0 Å². The highest BCUT2D eigenvalue weighted by molar-refractivity contribution is 6.59. The number of likely N-dealkylation sites (tertiary alicyclic amines) is 1. The van der Waals surface area contributed by atoms with Crippen LogP contribution < -0.4 is 5.32 Å². The number of hydrogen-bond acceptors (Lipinski definition) is 3. The van der Waals surface area contributed by atoms with Crippen molar-refractivity contribution in [3.63, 3.8) is 0 Å². The molecule has 1 unspecified atom stereocenters. The molecule has 1 aliphatic rings. The number of nitrogens with one attached hydrogen (secondary N) is 1. The SMILES string of the molecule is [B]C([B])([B])c1ccc(CNC([B])([B])C2(F)CC([B])([B])N(C(=O)c3ccc(F)c(Cl)c3)C([B])([B])C2([B])[B])nc1. The Morgan fingerprint density at radius 1 is 1.05 bits per heavy atom. The summed E-state index contributed by atoms with van der Waals surface area (Å²) in [5.74, 6) is -1.88. The Morgan fingerprint density at radius 2 is 1.66 bits per heavy atom. The van der Waals surface area contributed by atoms with E-state index in [2.05, 4.69) is 10.3 Å². The van der Waals surface area contributed by atoms with Crippen molar-refractivity contribution in [2.24, 2.45) is 0 Å². The smallest absolute Gasteiger partial charge is 0.252 e. The molecule has 1 atom stereocenters. The van der Waals surface area contributed by atoms with Gasteiger partial charge in [0.25, 0.3) is 5.91 Å². The van der Waals surface area contributed by atoms with Crippen LogP contribution in [0, 0.1) is 5.82 Å². The molecular formula is C20H11B11ClF2N3O. The Labute approximate surface area is 241 Å². The first-order valence-electron chi connectivity index (χ1n) is 11.0. The number of benzene rings is 1. The van der Waals surface area contributed by atoms with Gasteiger partial charge in [-0.2, -0.15) is 0 Å². The van der Waals surface area contributed by atoms with E-state index < -0.39 is 55.2 Å². The number of piperidine rings is 1. The quantitative estimate of drug-likeness (QED) is 0.478. The fourth-order valence-electron chi connectivity index (χ4n) is 4.23. The van der Waals surface area contributed by atoms with Crippen molar-refractivity contribution in [2.45, 2.75) is 45.0 Å². The Hall–Kier alpha value is -1.34. The van der Waals surface area contributed by atoms with Crippen molar-refractivity contribution in [2.75, 3.05) is 0 Å².